The van der Waals surface area contributed by atoms with Gasteiger partial charge in [0.15, 0.2) is 0 Å². The third kappa shape index (κ3) is 3.72. The largest absolute Gasteiger partial charge is 0.318 e. The van der Waals surface area contributed by atoms with Crippen molar-refractivity contribution in [2.24, 2.45) is 0 Å². The fourth-order valence-electron chi connectivity index (χ4n) is 4.57. The summed E-state index contributed by atoms with van der Waals surface area (Å²) in [5, 5.41) is 4.62. The molecule has 5 heteroatoms. The summed E-state index contributed by atoms with van der Waals surface area (Å²) in [6.07, 6.45) is 4.07. The van der Waals surface area contributed by atoms with Crippen molar-refractivity contribution in [3.8, 4) is 11.4 Å². The monoisotopic (exact) mass is 496 g/mol. The van der Waals surface area contributed by atoms with Crippen LogP contribution in [0.15, 0.2) is 114 Å². The average Bonchev–Trinajstić information content (AvgIpc) is 3.49. The summed E-state index contributed by atoms with van der Waals surface area (Å²) in [6, 6.07) is 34.1. The molecule has 0 bridgehead atoms. The molecular formula is C28H25BrN4. The summed E-state index contributed by atoms with van der Waals surface area (Å²) < 4.78 is 5.04. The lowest BCUT2D eigenvalue weighted by molar-refractivity contribution is 0.514. The van der Waals surface area contributed by atoms with E-state index in [2.05, 4.69) is 137 Å². The van der Waals surface area contributed by atoms with Crippen molar-refractivity contribution in [2.75, 3.05) is 0 Å². The molecule has 0 saturated carbocycles. The zero-order valence-corrected chi connectivity index (χ0v) is 20.2. The maximum atomic E-state index is 4.87. The summed E-state index contributed by atoms with van der Waals surface area (Å²) in [5.74, 6) is 0. The standard InChI is InChI=1S/C28H25BrN4/c1-21(2)33-26(18-27(29)31-33)25-19-32(20-30-25)28(22-12-6-3-7-13-22,23-14-8-4-9-15-23)24-16-10-5-11-17-24/h3-21H,1-2H3. The molecule has 0 amide bonds. The van der Waals surface area contributed by atoms with Crippen LogP contribution in [0, 0.1) is 0 Å². The molecular weight excluding hydrogens is 472 g/mol. The molecule has 0 aliphatic carbocycles. The first-order valence-electron chi connectivity index (χ1n) is 11.1. The second-order valence-corrected chi connectivity index (χ2v) is 9.18. The number of aromatic nitrogens is 4. The van der Waals surface area contributed by atoms with Gasteiger partial charge in [0.2, 0.25) is 0 Å². The van der Waals surface area contributed by atoms with Gasteiger partial charge in [-0.05, 0) is 46.5 Å². The van der Waals surface area contributed by atoms with Gasteiger partial charge in [-0.2, -0.15) is 5.10 Å². The van der Waals surface area contributed by atoms with Gasteiger partial charge in [0.1, 0.15) is 15.8 Å². The lowest BCUT2D eigenvalue weighted by atomic mass is 9.77. The highest BCUT2D eigenvalue weighted by molar-refractivity contribution is 9.10. The van der Waals surface area contributed by atoms with Crippen molar-refractivity contribution in [3.63, 3.8) is 0 Å². The SMILES string of the molecule is CC(C)n1nc(Br)cc1-c1cn(C(c2ccccc2)(c2ccccc2)c2ccccc2)cn1. The minimum absolute atomic E-state index is 0.221. The van der Waals surface area contributed by atoms with E-state index in [0.29, 0.717) is 0 Å². The van der Waals surface area contributed by atoms with Crippen molar-refractivity contribution in [2.45, 2.75) is 25.4 Å². The van der Waals surface area contributed by atoms with E-state index in [0.717, 1.165) is 16.0 Å². The topological polar surface area (TPSA) is 35.6 Å². The number of benzene rings is 3. The van der Waals surface area contributed by atoms with Crippen LogP contribution in [0.3, 0.4) is 0 Å². The Balaban J connectivity index is 1.80. The molecule has 0 aliphatic rings. The zero-order valence-electron chi connectivity index (χ0n) is 18.6. The molecule has 0 saturated heterocycles. The van der Waals surface area contributed by atoms with E-state index < -0.39 is 5.54 Å². The van der Waals surface area contributed by atoms with Gasteiger partial charge in [-0.1, -0.05) is 91.0 Å². The predicted molar refractivity (Wildman–Crippen MR) is 136 cm³/mol. The summed E-state index contributed by atoms with van der Waals surface area (Å²) in [7, 11) is 0. The summed E-state index contributed by atoms with van der Waals surface area (Å²) in [6.45, 7) is 4.25. The predicted octanol–water partition coefficient (Wildman–Crippen LogP) is 6.93. The minimum atomic E-state index is -0.574. The van der Waals surface area contributed by atoms with Crippen molar-refractivity contribution in [1.82, 2.24) is 19.3 Å². The maximum absolute atomic E-state index is 4.87. The Hall–Kier alpha value is -3.44. The van der Waals surface area contributed by atoms with Crippen molar-refractivity contribution in [3.05, 3.63) is 131 Å². The van der Waals surface area contributed by atoms with Crippen molar-refractivity contribution in [1.29, 1.82) is 0 Å². The third-order valence-electron chi connectivity index (χ3n) is 6.00. The Bertz CT molecular complexity index is 1240. The van der Waals surface area contributed by atoms with Crippen LogP contribution in [0.25, 0.3) is 11.4 Å². The van der Waals surface area contributed by atoms with Crippen LogP contribution in [0.4, 0.5) is 0 Å². The van der Waals surface area contributed by atoms with Gasteiger partial charge in [-0.3, -0.25) is 4.68 Å². The number of nitrogens with zero attached hydrogens (tertiary/aromatic N) is 4. The molecule has 164 valence electrons. The number of imidazole rings is 1. The van der Waals surface area contributed by atoms with E-state index in [-0.39, 0.29) is 6.04 Å². The summed E-state index contributed by atoms with van der Waals surface area (Å²) in [4.78, 5) is 4.87. The maximum Gasteiger partial charge on any atom is 0.128 e. The molecule has 0 spiro atoms. The summed E-state index contributed by atoms with van der Waals surface area (Å²) >= 11 is 3.54. The molecule has 3 aromatic carbocycles. The first-order valence-corrected chi connectivity index (χ1v) is 11.9. The Morgan fingerprint density at radius 1 is 0.758 bits per heavy atom. The van der Waals surface area contributed by atoms with Gasteiger partial charge >= 0.3 is 0 Å². The number of hydrogen-bond acceptors (Lipinski definition) is 2. The number of halogens is 1. The fourth-order valence-corrected chi connectivity index (χ4v) is 4.96. The van der Waals surface area contributed by atoms with Crippen LogP contribution in [0.1, 0.15) is 36.6 Å². The first-order chi connectivity index (χ1) is 16.1. The van der Waals surface area contributed by atoms with Gasteiger partial charge in [0, 0.05) is 18.3 Å². The molecule has 0 unspecified atom stereocenters. The molecule has 0 aliphatic heterocycles. The van der Waals surface area contributed by atoms with Crippen molar-refractivity contribution < 1.29 is 0 Å². The summed E-state index contributed by atoms with van der Waals surface area (Å²) in [5.41, 5.74) is 4.81. The Kier molecular flexibility index (Phi) is 5.73. The molecule has 5 rings (SSSR count). The van der Waals surface area contributed by atoms with Crippen LogP contribution in [0.2, 0.25) is 0 Å². The molecule has 0 radical (unpaired) electrons. The Morgan fingerprint density at radius 2 is 1.24 bits per heavy atom. The molecule has 0 atom stereocenters. The van der Waals surface area contributed by atoms with Gasteiger partial charge in [-0.25, -0.2) is 4.98 Å². The Morgan fingerprint density at radius 3 is 1.70 bits per heavy atom. The highest BCUT2D eigenvalue weighted by Gasteiger charge is 2.38. The van der Waals surface area contributed by atoms with Crippen LogP contribution < -0.4 is 0 Å². The second-order valence-electron chi connectivity index (χ2n) is 8.37. The van der Waals surface area contributed by atoms with E-state index in [1.54, 1.807) is 0 Å². The lowest BCUT2D eigenvalue weighted by Gasteiger charge is -2.37. The molecule has 33 heavy (non-hydrogen) atoms. The smallest absolute Gasteiger partial charge is 0.128 e. The third-order valence-corrected chi connectivity index (χ3v) is 6.39. The minimum Gasteiger partial charge on any atom is -0.318 e. The lowest BCUT2D eigenvalue weighted by Crippen LogP contribution is -2.36. The van der Waals surface area contributed by atoms with Crippen LogP contribution in [0.5, 0.6) is 0 Å². The van der Waals surface area contributed by atoms with E-state index in [4.69, 9.17) is 4.98 Å². The number of rotatable bonds is 6. The molecule has 2 aromatic heterocycles. The van der Waals surface area contributed by atoms with Crippen LogP contribution in [-0.2, 0) is 5.54 Å². The van der Waals surface area contributed by atoms with E-state index in [1.807, 2.05) is 17.1 Å². The second kappa shape index (κ2) is 8.83. The van der Waals surface area contributed by atoms with Gasteiger partial charge < -0.3 is 4.57 Å². The molecule has 0 fully saturated rings. The van der Waals surface area contributed by atoms with Gasteiger partial charge in [-0.15, -0.1) is 0 Å². The molecule has 0 N–H and O–H groups in total. The van der Waals surface area contributed by atoms with Crippen LogP contribution in [-0.4, -0.2) is 19.3 Å². The van der Waals surface area contributed by atoms with E-state index in [9.17, 15) is 0 Å². The first kappa shape index (κ1) is 21.4. The zero-order chi connectivity index (χ0) is 22.8. The van der Waals surface area contributed by atoms with Crippen molar-refractivity contribution >= 4 is 15.9 Å². The number of hydrogen-bond donors (Lipinski definition) is 0. The van der Waals surface area contributed by atoms with E-state index in [1.165, 1.54) is 16.7 Å². The average molecular weight is 497 g/mol. The quantitative estimate of drug-likeness (QED) is 0.239. The molecule has 5 aromatic rings. The van der Waals surface area contributed by atoms with Gasteiger partial charge in [0.25, 0.3) is 0 Å². The van der Waals surface area contributed by atoms with Crippen LogP contribution >= 0.6 is 15.9 Å². The molecule has 4 nitrogen and oxygen atoms in total. The fraction of sp³-hybridized carbons (Fsp3) is 0.143. The molecule has 2 heterocycles. The Labute approximate surface area is 202 Å². The normalized spacial score (nSPS) is 11.8. The highest BCUT2D eigenvalue weighted by Crippen LogP contribution is 2.41. The highest BCUT2D eigenvalue weighted by atomic mass is 79.9. The van der Waals surface area contributed by atoms with E-state index >= 15 is 0 Å². The van der Waals surface area contributed by atoms with Gasteiger partial charge in [0.05, 0.1) is 12.0 Å².